The molecule has 9 aromatic rings. The molecule has 4 atom stereocenters. The number of ketones is 4. The number of Topliss-reactive ketones (excluding diaryl/α,β-unsaturated/α-hetero) is 4. The quantitative estimate of drug-likeness (QED) is 0.114. The van der Waals surface area contributed by atoms with Gasteiger partial charge in [0.2, 0.25) is 0 Å². The minimum Gasteiger partial charge on any atom is -0.296 e. The number of carbonyl (C=O) groups is 4. The van der Waals surface area contributed by atoms with Crippen LogP contribution in [0.15, 0.2) is 290 Å². The minimum absolute atomic E-state index is 0.112. The van der Waals surface area contributed by atoms with Crippen LogP contribution in [0.1, 0.15) is 65.2 Å². The fourth-order valence-electron chi connectivity index (χ4n) is 13.1. The third kappa shape index (κ3) is 6.03. The summed E-state index contributed by atoms with van der Waals surface area (Å²) in [4.78, 5) is 64.3. The van der Waals surface area contributed by atoms with Crippen molar-refractivity contribution in [2.24, 2.45) is 0 Å². The Kier molecular flexibility index (Phi) is 10.3. The van der Waals surface area contributed by atoms with Crippen LogP contribution in [-0.4, -0.2) is 23.1 Å². The summed E-state index contributed by atoms with van der Waals surface area (Å²) in [5.74, 6) is -0.864. The predicted octanol–water partition coefficient (Wildman–Crippen LogP) is 14.1. The van der Waals surface area contributed by atoms with Crippen molar-refractivity contribution in [3.63, 3.8) is 0 Å². The lowest BCUT2D eigenvalue weighted by Crippen LogP contribution is -2.40. The molecule has 0 aromatic heterocycles. The summed E-state index contributed by atoms with van der Waals surface area (Å²) >= 11 is 0. The molecule has 0 saturated carbocycles. The van der Waals surface area contributed by atoms with Gasteiger partial charge in [-0.3, -0.25) is 19.2 Å². The normalized spacial score (nSPS) is 22.5. The van der Waals surface area contributed by atoms with Crippen LogP contribution in [0.5, 0.6) is 0 Å². The molecule has 4 bridgehead atoms. The van der Waals surface area contributed by atoms with E-state index in [-0.39, 0.29) is 23.1 Å². The summed E-state index contributed by atoms with van der Waals surface area (Å²) < 4.78 is 0. The van der Waals surface area contributed by atoms with E-state index < -0.39 is 21.7 Å². The van der Waals surface area contributed by atoms with Gasteiger partial charge >= 0.3 is 0 Å². The van der Waals surface area contributed by atoms with Crippen LogP contribution >= 0.6 is 0 Å². The molecule has 0 N–H and O–H groups in total. The predicted molar refractivity (Wildman–Crippen MR) is 293 cm³/mol. The highest BCUT2D eigenvalue weighted by atomic mass is 16.1. The zero-order valence-corrected chi connectivity index (χ0v) is 40.2. The van der Waals surface area contributed by atoms with E-state index in [1.54, 1.807) is 24.3 Å². The molecule has 0 fully saturated rings. The maximum absolute atomic E-state index is 16.3. The second kappa shape index (κ2) is 17.1. The van der Waals surface area contributed by atoms with Gasteiger partial charge in [0.25, 0.3) is 0 Å². The topological polar surface area (TPSA) is 68.3 Å². The van der Waals surface area contributed by atoms with Crippen molar-refractivity contribution < 1.29 is 19.2 Å². The van der Waals surface area contributed by atoms with Gasteiger partial charge in [0.1, 0.15) is 21.7 Å². The average molecular weight is 951 g/mol. The first-order chi connectivity index (χ1) is 36.4. The van der Waals surface area contributed by atoms with Crippen LogP contribution in [0, 0.1) is 0 Å². The van der Waals surface area contributed by atoms with Crippen molar-refractivity contribution in [2.45, 2.75) is 21.7 Å². The molecule has 4 heteroatoms. The maximum atomic E-state index is 16.3. The molecule has 13 rings (SSSR count). The Bertz CT molecular complexity index is 3590. The van der Waals surface area contributed by atoms with Gasteiger partial charge in [-0.15, -0.1) is 0 Å². The molecule has 0 aliphatic heterocycles. The Morgan fingerprint density at radius 1 is 0.257 bits per heavy atom. The van der Waals surface area contributed by atoms with Gasteiger partial charge < -0.3 is 0 Å². The SMILES string of the molecule is O=C(C1=CC2(c3ccccc3)C(=O)C1(c1ccccc1)C(c1ccccc1)=C2c1ccccc1)c1ccc(C(=O)C2=CC3(c4ccccc4)C(=O)C2(c2ccccc2)C(c2ccccc2)=C3c2ccccc2)cc1. The lowest BCUT2D eigenvalue weighted by atomic mass is 9.65. The van der Waals surface area contributed by atoms with Gasteiger partial charge in [-0.1, -0.05) is 279 Å². The second-order valence-corrected chi connectivity index (χ2v) is 19.6. The number of benzene rings is 9. The Morgan fingerprint density at radius 3 is 0.757 bits per heavy atom. The Hall–Kier alpha value is -9.38. The van der Waals surface area contributed by atoms with Crippen molar-refractivity contribution in [1.82, 2.24) is 0 Å². The lowest BCUT2D eigenvalue weighted by Gasteiger charge is -2.34. The number of rotatable bonds is 12. The molecule has 4 aliphatic rings. The van der Waals surface area contributed by atoms with E-state index in [2.05, 4.69) is 0 Å². The highest BCUT2D eigenvalue weighted by Gasteiger charge is 2.71. The van der Waals surface area contributed by atoms with E-state index in [1.807, 2.05) is 255 Å². The molecule has 4 aliphatic carbocycles. The van der Waals surface area contributed by atoms with E-state index >= 15 is 19.2 Å². The van der Waals surface area contributed by atoms with Crippen molar-refractivity contribution in [3.8, 4) is 0 Å². The molecule has 0 spiro atoms. The van der Waals surface area contributed by atoms with E-state index in [4.69, 9.17) is 0 Å². The van der Waals surface area contributed by atoms with Gasteiger partial charge in [0.05, 0.1) is 0 Å². The fraction of sp³-hybridized carbons (Fsp3) is 0.0571. The third-order valence-electron chi connectivity index (χ3n) is 16.0. The zero-order valence-electron chi connectivity index (χ0n) is 40.2. The standard InChI is InChI=1S/C70H46O4/c71-63(57-45-67(53-33-17-5-18-34-53)59(47-25-9-1-10-26-47)61(49-29-13-3-14-30-49)69(57,65(67)73)55-37-21-7-22-38-55)51-41-43-52(44-42-51)64(72)58-46-68(54-35-19-6-20-36-54)60(48-27-11-2-12-28-48)62(50-31-15-4-16-32-50)70(58,66(68)74)56-39-23-8-24-40-56/h1-46H. The first-order valence-corrected chi connectivity index (χ1v) is 25.1. The first kappa shape index (κ1) is 44.6. The summed E-state index contributed by atoms with van der Waals surface area (Å²) in [6, 6.07) is 85.7. The van der Waals surface area contributed by atoms with Crippen LogP contribution in [0.25, 0.3) is 22.3 Å². The summed E-state index contributed by atoms with van der Waals surface area (Å²) in [6.45, 7) is 0. The van der Waals surface area contributed by atoms with E-state index in [1.165, 1.54) is 0 Å². The van der Waals surface area contributed by atoms with Gasteiger partial charge in [0, 0.05) is 22.3 Å². The molecular weight excluding hydrogens is 905 g/mol. The highest BCUT2D eigenvalue weighted by molar-refractivity contribution is 6.39. The zero-order chi connectivity index (χ0) is 50.1. The molecule has 0 amide bonds. The molecule has 4 unspecified atom stereocenters. The molecule has 4 nitrogen and oxygen atoms in total. The Balaban J connectivity index is 0.993. The summed E-state index contributed by atoms with van der Waals surface area (Å²) in [6.07, 6.45) is 3.85. The Morgan fingerprint density at radius 2 is 0.486 bits per heavy atom. The average Bonchev–Trinajstić information content (AvgIpc) is 4.18. The number of hydrogen-bond donors (Lipinski definition) is 0. The molecule has 9 aromatic carbocycles. The first-order valence-electron chi connectivity index (χ1n) is 25.1. The molecule has 0 heterocycles. The largest absolute Gasteiger partial charge is 0.296 e. The summed E-state index contributed by atoms with van der Waals surface area (Å²) in [5.41, 5.74) is 5.33. The number of allylic oxidation sites excluding steroid dienone is 8. The number of carbonyl (C=O) groups excluding carboxylic acids is 4. The van der Waals surface area contributed by atoms with Gasteiger partial charge in [-0.05, 0) is 66.8 Å². The van der Waals surface area contributed by atoms with E-state index in [9.17, 15) is 0 Å². The number of hydrogen-bond acceptors (Lipinski definition) is 4. The van der Waals surface area contributed by atoms with Gasteiger partial charge in [-0.25, -0.2) is 0 Å². The van der Waals surface area contributed by atoms with E-state index in [0.29, 0.717) is 33.4 Å². The van der Waals surface area contributed by atoms with Crippen molar-refractivity contribution in [2.75, 3.05) is 0 Å². The van der Waals surface area contributed by atoms with Crippen LogP contribution in [0.2, 0.25) is 0 Å². The second-order valence-electron chi connectivity index (χ2n) is 19.6. The van der Waals surface area contributed by atoms with Gasteiger partial charge in [-0.2, -0.15) is 0 Å². The lowest BCUT2D eigenvalue weighted by molar-refractivity contribution is -0.123. The molecule has 0 saturated heterocycles. The van der Waals surface area contributed by atoms with E-state index in [0.717, 1.165) is 55.7 Å². The molecular formula is C70H46O4. The maximum Gasteiger partial charge on any atom is 0.190 e. The van der Waals surface area contributed by atoms with Crippen molar-refractivity contribution in [1.29, 1.82) is 0 Å². The summed E-state index contributed by atoms with van der Waals surface area (Å²) in [7, 11) is 0. The summed E-state index contributed by atoms with van der Waals surface area (Å²) in [5, 5.41) is 0. The minimum atomic E-state index is -1.51. The van der Waals surface area contributed by atoms with Crippen LogP contribution in [-0.2, 0) is 31.2 Å². The molecule has 350 valence electrons. The smallest absolute Gasteiger partial charge is 0.190 e. The van der Waals surface area contributed by atoms with Crippen LogP contribution in [0.3, 0.4) is 0 Å². The van der Waals surface area contributed by atoms with Crippen molar-refractivity contribution in [3.05, 3.63) is 346 Å². The fourth-order valence-corrected chi connectivity index (χ4v) is 13.1. The molecule has 0 radical (unpaired) electrons. The Labute approximate surface area is 430 Å². The third-order valence-corrected chi connectivity index (χ3v) is 16.0. The van der Waals surface area contributed by atoms with Crippen molar-refractivity contribution >= 4 is 45.4 Å². The van der Waals surface area contributed by atoms with Gasteiger partial charge in [0.15, 0.2) is 23.1 Å². The molecule has 74 heavy (non-hydrogen) atoms. The number of fused-ring (bicyclic) bond motifs is 4. The van der Waals surface area contributed by atoms with Crippen LogP contribution in [0.4, 0.5) is 0 Å². The monoisotopic (exact) mass is 950 g/mol. The highest BCUT2D eigenvalue weighted by Crippen LogP contribution is 2.69. The van der Waals surface area contributed by atoms with Crippen LogP contribution < -0.4 is 0 Å².